The van der Waals surface area contributed by atoms with Gasteiger partial charge in [-0.05, 0) is 42.8 Å². The number of hydrogen-bond donors (Lipinski definition) is 1. The number of fused-ring (bicyclic) bond motifs is 4. The molecular formula is C21H16N4O3S. The van der Waals surface area contributed by atoms with Crippen molar-refractivity contribution in [3.05, 3.63) is 59.7 Å². The molecule has 0 bridgehead atoms. The number of amides is 1. The number of carbonyl (C=O) groups excluding carboxylic acids is 2. The van der Waals surface area contributed by atoms with E-state index < -0.39 is 0 Å². The molecule has 0 aliphatic carbocycles. The Hall–Kier alpha value is -3.39. The van der Waals surface area contributed by atoms with Crippen LogP contribution in [-0.4, -0.2) is 38.6 Å². The maximum Gasteiger partial charge on any atom is 0.262 e. The minimum atomic E-state index is -0.228. The average Bonchev–Trinajstić information content (AvgIpc) is 3.14. The molecule has 0 saturated carbocycles. The first-order chi connectivity index (χ1) is 14.1. The molecule has 7 nitrogen and oxygen atoms in total. The molecule has 3 heterocycles. The first kappa shape index (κ1) is 17.7. The number of nitrogens with zero attached hydrogens (tertiary/aromatic N) is 3. The number of para-hydroxylation sites is 1. The van der Waals surface area contributed by atoms with Crippen LogP contribution in [-0.2, 0) is 4.79 Å². The number of rotatable bonds is 4. The highest BCUT2D eigenvalue weighted by Gasteiger charge is 2.19. The number of aryl methyl sites for hydroxylation is 1. The summed E-state index contributed by atoms with van der Waals surface area (Å²) in [6, 6.07) is 15.1. The third-order valence-corrected chi connectivity index (χ3v) is 5.77. The molecule has 0 atom stereocenters. The Bertz CT molecular complexity index is 1300. The van der Waals surface area contributed by atoms with E-state index in [2.05, 4.69) is 21.6 Å². The van der Waals surface area contributed by atoms with Crippen LogP contribution in [0.4, 0.5) is 5.69 Å². The fourth-order valence-electron chi connectivity index (χ4n) is 3.44. The Balaban J connectivity index is 1.42. The van der Waals surface area contributed by atoms with Gasteiger partial charge in [0.15, 0.2) is 23.2 Å². The normalized spacial score (nSPS) is 13.2. The van der Waals surface area contributed by atoms with E-state index in [0.717, 1.165) is 22.1 Å². The fourth-order valence-corrected chi connectivity index (χ4v) is 4.28. The smallest absolute Gasteiger partial charge is 0.262 e. The van der Waals surface area contributed by atoms with Crippen molar-refractivity contribution >= 4 is 45.7 Å². The Kier molecular flexibility index (Phi) is 4.21. The Morgan fingerprint density at radius 1 is 1.21 bits per heavy atom. The minimum Gasteiger partial charge on any atom is -0.482 e. The van der Waals surface area contributed by atoms with E-state index >= 15 is 0 Å². The van der Waals surface area contributed by atoms with Crippen molar-refractivity contribution in [2.45, 2.75) is 12.1 Å². The molecule has 4 aromatic rings. The molecule has 0 fully saturated rings. The lowest BCUT2D eigenvalue weighted by atomic mass is 10.1. The largest absolute Gasteiger partial charge is 0.482 e. The lowest BCUT2D eigenvalue weighted by Gasteiger charge is -2.18. The summed E-state index contributed by atoms with van der Waals surface area (Å²) in [5.41, 5.74) is 3.93. The molecule has 0 spiro atoms. The van der Waals surface area contributed by atoms with Crippen molar-refractivity contribution in [1.29, 1.82) is 0 Å². The van der Waals surface area contributed by atoms with E-state index in [1.165, 1.54) is 11.8 Å². The van der Waals surface area contributed by atoms with E-state index in [0.29, 0.717) is 22.2 Å². The van der Waals surface area contributed by atoms with Crippen LogP contribution in [0.1, 0.15) is 15.9 Å². The number of Topliss-reactive ketones (excluding diaryl/α,β-unsaturated/α-hetero) is 1. The molecule has 0 saturated heterocycles. The maximum absolute atomic E-state index is 12.7. The highest BCUT2D eigenvalue weighted by atomic mass is 32.2. The second kappa shape index (κ2) is 6.89. The van der Waals surface area contributed by atoms with Gasteiger partial charge in [0.1, 0.15) is 5.75 Å². The molecule has 8 heteroatoms. The molecule has 5 rings (SSSR count). The summed E-state index contributed by atoms with van der Waals surface area (Å²) < 4.78 is 7.31. The third-order valence-electron chi connectivity index (χ3n) is 4.84. The van der Waals surface area contributed by atoms with Gasteiger partial charge in [0.2, 0.25) is 0 Å². The summed E-state index contributed by atoms with van der Waals surface area (Å²) >= 11 is 1.34. The number of ketones is 1. The molecule has 2 aromatic carbocycles. The molecule has 2 aromatic heterocycles. The number of carbonyl (C=O) groups is 2. The Labute approximate surface area is 170 Å². The van der Waals surface area contributed by atoms with Crippen molar-refractivity contribution in [3.8, 4) is 5.75 Å². The van der Waals surface area contributed by atoms with Crippen LogP contribution in [0.2, 0.25) is 0 Å². The van der Waals surface area contributed by atoms with Crippen molar-refractivity contribution in [2.24, 2.45) is 0 Å². The van der Waals surface area contributed by atoms with E-state index in [4.69, 9.17) is 4.74 Å². The first-order valence-corrected chi connectivity index (χ1v) is 10.0. The zero-order chi connectivity index (χ0) is 20.0. The van der Waals surface area contributed by atoms with Gasteiger partial charge in [-0.2, -0.15) is 0 Å². The summed E-state index contributed by atoms with van der Waals surface area (Å²) in [6.07, 6.45) is 0. The zero-order valence-corrected chi connectivity index (χ0v) is 16.3. The summed E-state index contributed by atoms with van der Waals surface area (Å²) in [5.74, 6) is 0.481. The third kappa shape index (κ3) is 3.11. The van der Waals surface area contributed by atoms with E-state index in [1.807, 2.05) is 35.6 Å². The highest BCUT2D eigenvalue weighted by molar-refractivity contribution is 7.99. The van der Waals surface area contributed by atoms with Gasteiger partial charge in [-0.3, -0.25) is 14.0 Å². The van der Waals surface area contributed by atoms with Gasteiger partial charge in [-0.15, -0.1) is 10.2 Å². The van der Waals surface area contributed by atoms with Crippen LogP contribution in [0, 0.1) is 6.92 Å². The van der Waals surface area contributed by atoms with Crippen LogP contribution < -0.4 is 10.1 Å². The Morgan fingerprint density at radius 3 is 2.97 bits per heavy atom. The van der Waals surface area contributed by atoms with Crippen LogP contribution in [0.5, 0.6) is 5.75 Å². The first-order valence-electron chi connectivity index (χ1n) is 9.06. The van der Waals surface area contributed by atoms with E-state index in [-0.39, 0.29) is 24.1 Å². The molecule has 0 radical (unpaired) electrons. The van der Waals surface area contributed by atoms with E-state index in [1.54, 1.807) is 18.2 Å². The summed E-state index contributed by atoms with van der Waals surface area (Å²) in [6.45, 7) is 2.04. The number of ether oxygens (including phenoxy) is 1. The number of thioether (sulfide) groups is 1. The second-order valence-corrected chi connectivity index (χ2v) is 7.72. The number of benzene rings is 2. The maximum atomic E-state index is 12.7. The van der Waals surface area contributed by atoms with Crippen LogP contribution in [0.25, 0.3) is 16.6 Å². The summed E-state index contributed by atoms with van der Waals surface area (Å²) in [7, 11) is 0. The molecule has 1 aliphatic heterocycles. The van der Waals surface area contributed by atoms with Gasteiger partial charge < -0.3 is 10.1 Å². The lowest BCUT2D eigenvalue weighted by Crippen LogP contribution is -2.25. The molecule has 144 valence electrons. The number of anilines is 1. The van der Waals surface area contributed by atoms with Crippen LogP contribution >= 0.6 is 11.8 Å². The Morgan fingerprint density at radius 2 is 2.07 bits per heavy atom. The molecule has 1 aliphatic rings. The standard InChI is InChI=1S/C21H16N4O3S/c1-12-8-19-23-24-21(25(19)16-5-3-2-4-14(12)16)29-11-17(26)13-6-7-18-15(9-13)22-20(27)10-28-18/h2-9H,10-11H2,1H3,(H,22,27). The molecule has 0 unspecified atom stereocenters. The van der Waals surface area contributed by atoms with Crippen molar-refractivity contribution in [2.75, 3.05) is 17.7 Å². The monoisotopic (exact) mass is 404 g/mol. The van der Waals surface area contributed by atoms with Crippen molar-refractivity contribution < 1.29 is 14.3 Å². The fraction of sp³-hybridized carbons (Fsp3) is 0.143. The number of pyridine rings is 1. The van der Waals surface area contributed by atoms with E-state index in [9.17, 15) is 9.59 Å². The van der Waals surface area contributed by atoms with Gasteiger partial charge in [0.25, 0.3) is 5.91 Å². The molecule has 1 N–H and O–H groups in total. The van der Waals surface area contributed by atoms with Crippen molar-refractivity contribution in [3.63, 3.8) is 0 Å². The predicted octanol–water partition coefficient (Wildman–Crippen LogP) is 3.50. The minimum absolute atomic E-state index is 0.0104. The van der Waals surface area contributed by atoms with Gasteiger partial charge in [0, 0.05) is 10.9 Å². The topological polar surface area (TPSA) is 85.6 Å². The predicted molar refractivity (Wildman–Crippen MR) is 111 cm³/mol. The van der Waals surface area contributed by atoms with Gasteiger partial charge in [-0.1, -0.05) is 30.0 Å². The SMILES string of the molecule is Cc1cc2nnc(SCC(=O)c3ccc4c(c3)NC(=O)CO4)n2c2ccccc12. The van der Waals surface area contributed by atoms with Gasteiger partial charge in [-0.25, -0.2) is 0 Å². The lowest BCUT2D eigenvalue weighted by molar-refractivity contribution is -0.118. The summed E-state index contributed by atoms with van der Waals surface area (Å²) in [5, 5.41) is 13.1. The molecular weight excluding hydrogens is 388 g/mol. The van der Waals surface area contributed by atoms with Crippen LogP contribution in [0.15, 0.2) is 53.7 Å². The highest BCUT2D eigenvalue weighted by Crippen LogP contribution is 2.30. The van der Waals surface area contributed by atoms with Crippen LogP contribution in [0.3, 0.4) is 0 Å². The van der Waals surface area contributed by atoms with Gasteiger partial charge >= 0.3 is 0 Å². The average molecular weight is 404 g/mol. The number of aromatic nitrogens is 3. The second-order valence-electron chi connectivity index (χ2n) is 6.78. The zero-order valence-electron chi connectivity index (χ0n) is 15.5. The number of hydrogen-bond acceptors (Lipinski definition) is 6. The summed E-state index contributed by atoms with van der Waals surface area (Å²) in [4.78, 5) is 24.2. The molecule has 1 amide bonds. The quantitative estimate of drug-likeness (QED) is 0.414. The van der Waals surface area contributed by atoms with Gasteiger partial charge in [0.05, 0.1) is 17.0 Å². The molecule has 29 heavy (non-hydrogen) atoms. The number of nitrogens with one attached hydrogen (secondary N) is 1. The van der Waals surface area contributed by atoms with Crippen molar-refractivity contribution in [1.82, 2.24) is 14.6 Å².